The second-order valence-electron chi connectivity index (χ2n) is 2.02. The summed E-state index contributed by atoms with van der Waals surface area (Å²) in [6.07, 6.45) is 0. The molecule has 0 heterocycles. The number of thioether (sulfide) groups is 1. The molecule has 0 unspecified atom stereocenters. The van der Waals surface area contributed by atoms with E-state index in [1.807, 2.05) is 0 Å². The van der Waals surface area contributed by atoms with E-state index >= 15 is 0 Å². The highest BCUT2D eigenvalue weighted by Crippen LogP contribution is 1.96. The second kappa shape index (κ2) is 6.93. The monoisotopic (exact) mass is 193 g/mol. The van der Waals surface area contributed by atoms with Gasteiger partial charge in [-0.15, -0.1) is 11.8 Å². The van der Waals surface area contributed by atoms with E-state index in [0.717, 1.165) is 0 Å². The number of aliphatic carboxylic acids is 2. The first kappa shape index (κ1) is 11.2. The molecule has 0 amide bonds. The molecule has 0 spiro atoms. The fourth-order valence-electron chi connectivity index (χ4n) is 0.499. The van der Waals surface area contributed by atoms with Crippen molar-refractivity contribution in [1.82, 2.24) is 5.32 Å². The second-order valence-corrected chi connectivity index (χ2v) is 3.12. The quantitative estimate of drug-likeness (QED) is 0.471. The molecule has 0 aliphatic heterocycles. The highest BCUT2D eigenvalue weighted by molar-refractivity contribution is 7.99. The molecule has 0 radical (unpaired) electrons. The van der Waals surface area contributed by atoms with Crippen LogP contribution in [0.4, 0.5) is 0 Å². The predicted octanol–water partition coefficient (Wildman–Crippen LogP) is -0.522. The molecule has 0 aromatic rings. The number of carboxylic acid groups (broad SMARTS) is 2. The normalized spacial score (nSPS) is 9.67. The molecule has 0 saturated heterocycles. The van der Waals surface area contributed by atoms with Gasteiger partial charge >= 0.3 is 11.9 Å². The summed E-state index contributed by atoms with van der Waals surface area (Å²) in [4.78, 5) is 20.0. The Hall–Kier alpha value is -0.750. The van der Waals surface area contributed by atoms with E-state index in [0.29, 0.717) is 12.3 Å². The maximum Gasteiger partial charge on any atom is 0.317 e. The van der Waals surface area contributed by atoms with Gasteiger partial charge in [0.25, 0.3) is 0 Å². The summed E-state index contributed by atoms with van der Waals surface area (Å²) in [6.45, 7) is 0.442. The number of rotatable bonds is 7. The van der Waals surface area contributed by atoms with Gasteiger partial charge in [0.2, 0.25) is 0 Å². The van der Waals surface area contributed by atoms with Gasteiger partial charge in [-0.2, -0.15) is 0 Å². The zero-order valence-corrected chi connectivity index (χ0v) is 7.26. The van der Waals surface area contributed by atoms with Crippen molar-refractivity contribution < 1.29 is 19.8 Å². The lowest BCUT2D eigenvalue weighted by Gasteiger charge is -1.99. The van der Waals surface area contributed by atoms with Gasteiger partial charge in [0, 0.05) is 12.3 Å². The average Bonchev–Trinajstić information content (AvgIpc) is 1.95. The third-order valence-electron chi connectivity index (χ3n) is 0.925. The van der Waals surface area contributed by atoms with Crippen LogP contribution in [-0.4, -0.2) is 46.7 Å². The minimum atomic E-state index is -0.904. The van der Waals surface area contributed by atoms with Crippen molar-refractivity contribution in [2.75, 3.05) is 24.6 Å². The molecule has 0 saturated carbocycles. The molecule has 0 bridgehead atoms. The third kappa shape index (κ3) is 9.25. The fraction of sp³-hybridized carbons (Fsp3) is 0.667. The van der Waals surface area contributed by atoms with Crippen LogP contribution < -0.4 is 5.32 Å². The van der Waals surface area contributed by atoms with Crippen LogP contribution in [0.2, 0.25) is 0 Å². The maximum absolute atomic E-state index is 10.0. The zero-order chi connectivity index (χ0) is 9.40. The molecule has 0 rings (SSSR count). The predicted molar refractivity (Wildman–Crippen MR) is 45.5 cm³/mol. The SMILES string of the molecule is O=C(O)CNCCSCC(=O)O. The molecule has 12 heavy (non-hydrogen) atoms. The van der Waals surface area contributed by atoms with Crippen LogP contribution in [0.25, 0.3) is 0 Å². The van der Waals surface area contributed by atoms with Crippen LogP contribution in [0.15, 0.2) is 0 Å². The molecule has 0 aliphatic rings. The molecule has 0 aliphatic carbocycles. The smallest absolute Gasteiger partial charge is 0.317 e. The molecule has 0 aromatic heterocycles. The first-order valence-corrected chi connectivity index (χ1v) is 4.50. The molecule has 70 valence electrons. The maximum atomic E-state index is 10.0. The standard InChI is InChI=1S/C6H11NO4S/c8-5(9)3-7-1-2-12-4-6(10)11/h7H,1-4H2,(H,8,9)(H,10,11). The summed E-state index contributed by atoms with van der Waals surface area (Å²) in [7, 11) is 0. The molecular formula is C6H11NO4S. The van der Waals surface area contributed by atoms with E-state index in [1.54, 1.807) is 0 Å². The van der Waals surface area contributed by atoms with Crippen molar-refractivity contribution in [3.63, 3.8) is 0 Å². The lowest BCUT2D eigenvalue weighted by Crippen LogP contribution is -2.24. The topological polar surface area (TPSA) is 86.6 Å². The summed E-state index contributed by atoms with van der Waals surface area (Å²) >= 11 is 1.26. The Morgan fingerprint density at radius 1 is 1.25 bits per heavy atom. The Balaban J connectivity index is 3.01. The van der Waals surface area contributed by atoms with E-state index < -0.39 is 11.9 Å². The number of carboxylic acids is 2. The minimum absolute atomic E-state index is 0.0642. The van der Waals surface area contributed by atoms with Gasteiger partial charge in [-0.3, -0.25) is 9.59 Å². The summed E-state index contributed by atoms with van der Waals surface area (Å²) in [5.41, 5.74) is 0. The molecule has 6 heteroatoms. The number of hydrogen-bond donors (Lipinski definition) is 3. The van der Waals surface area contributed by atoms with Crippen LogP contribution in [0.1, 0.15) is 0 Å². The van der Waals surface area contributed by atoms with Crippen LogP contribution >= 0.6 is 11.8 Å². The molecule has 3 N–H and O–H groups in total. The zero-order valence-electron chi connectivity index (χ0n) is 6.45. The lowest BCUT2D eigenvalue weighted by molar-refractivity contribution is -0.136. The lowest BCUT2D eigenvalue weighted by atomic mass is 10.6. The van der Waals surface area contributed by atoms with Gasteiger partial charge in [-0.1, -0.05) is 0 Å². The Morgan fingerprint density at radius 2 is 1.92 bits per heavy atom. The number of nitrogens with one attached hydrogen (secondary N) is 1. The van der Waals surface area contributed by atoms with Crippen LogP contribution in [-0.2, 0) is 9.59 Å². The van der Waals surface area contributed by atoms with Gasteiger partial charge in [0.1, 0.15) is 0 Å². The first-order valence-electron chi connectivity index (χ1n) is 3.35. The van der Waals surface area contributed by atoms with Crippen molar-refractivity contribution in [2.45, 2.75) is 0 Å². The molecule has 0 atom stereocenters. The van der Waals surface area contributed by atoms with Crippen molar-refractivity contribution in [1.29, 1.82) is 0 Å². The molecular weight excluding hydrogens is 182 g/mol. The van der Waals surface area contributed by atoms with E-state index in [4.69, 9.17) is 10.2 Å². The number of carbonyl (C=O) groups is 2. The van der Waals surface area contributed by atoms with E-state index in [1.165, 1.54) is 11.8 Å². The van der Waals surface area contributed by atoms with Crippen LogP contribution in [0, 0.1) is 0 Å². The van der Waals surface area contributed by atoms with E-state index in [9.17, 15) is 9.59 Å². The average molecular weight is 193 g/mol. The highest BCUT2D eigenvalue weighted by atomic mass is 32.2. The van der Waals surface area contributed by atoms with Crippen molar-refractivity contribution >= 4 is 23.7 Å². The van der Waals surface area contributed by atoms with E-state index in [-0.39, 0.29) is 12.3 Å². The summed E-state index contributed by atoms with van der Waals surface area (Å²) in [5, 5.41) is 19.1. The van der Waals surface area contributed by atoms with Gasteiger partial charge in [0.15, 0.2) is 0 Å². The molecule has 5 nitrogen and oxygen atoms in total. The Morgan fingerprint density at radius 3 is 2.42 bits per heavy atom. The summed E-state index contributed by atoms with van der Waals surface area (Å²) in [6, 6.07) is 0. The molecule has 0 fully saturated rings. The van der Waals surface area contributed by atoms with E-state index in [2.05, 4.69) is 5.32 Å². The minimum Gasteiger partial charge on any atom is -0.481 e. The van der Waals surface area contributed by atoms with Gasteiger partial charge < -0.3 is 15.5 Å². The third-order valence-corrected chi connectivity index (χ3v) is 1.87. The van der Waals surface area contributed by atoms with Crippen molar-refractivity contribution in [2.24, 2.45) is 0 Å². The largest absolute Gasteiger partial charge is 0.481 e. The van der Waals surface area contributed by atoms with Gasteiger partial charge in [-0.05, 0) is 0 Å². The summed E-state index contributed by atoms with van der Waals surface area (Å²) in [5.74, 6) is -1.08. The van der Waals surface area contributed by atoms with Gasteiger partial charge in [-0.25, -0.2) is 0 Å². The Bertz CT molecular complexity index is 144. The fourth-order valence-corrected chi connectivity index (χ4v) is 1.11. The van der Waals surface area contributed by atoms with Crippen molar-refractivity contribution in [3.8, 4) is 0 Å². The number of hydrogen-bond acceptors (Lipinski definition) is 4. The van der Waals surface area contributed by atoms with Crippen molar-refractivity contribution in [3.05, 3.63) is 0 Å². The Kier molecular flexibility index (Phi) is 6.50. The van der Waals surface area contributed by atoms with Crippen LogP contribution in [0.5, 0.6) is 0 Å². The first-order chi connectivity index (χ1) is 5.63. The van der Waals surface area contributed by atoms with Crippen LogP contribution in [0.3, 0.4) is 0 Å². The Labute approximate surface area is 74.1 Å². The summed E-state index contributed by atoms with van der Waals surface area (Å²) < 4.78 is 0. The van der Waals surface area contributed by atoms with Gasteiger partial charge in [0.05, 0.1) is 12.3 Å². The highest BCUT2D eigenvalue weighted by Gasteiger charge is 1.97. The molecule has 0 aromatic carbocycles.